The lowest BCUT2D eigenvalue weighted by molar-refractivity contribution is -0.355. The molecule has 1 N–H and O–H groups in total. The number of benzene rings is 1. The maximum absolute atomic E-state index is 13.3. The number of aliphatic hydroxyl groups is 1. The summed E-state index contributed by atoms with van der Waals surface area (Å²) in [6, 6.07) is 5.19. The van der Waals surface area contributed by atoms with Gasteiger partial charge in [-0.3, -0.25) is 0 Å². The van der Waals surface area contributed by atoms with Gasteiger partial charge in [0, 0.05) is 5.56 Å². The van der Waals surface area contributed by atoms with Gasteiger partial charge in [-0.15, -0.1) is 0 Å². The van der Waals surface area contributed by atoms with Crippen LogP contribution < -0.4 is 0 Å². The summed E-state index contributed by atoms with van der Waals surface area (Å²) in [6.45, 7) is 0. The topological polar surface area (TPSA) is 41.8 Å². The fourth-order valence-corrected chi connectivity index (χ4v) is 1.41. The zero-order valence-corrected chi connectivity index (χ0v) is 8.33. The predicted molar refractivity (Wildman–Crippen MR) is 49.6 cm³/mol. The molecule has 0 saturated carbocycles. The molecule has 7 heteroatoms. The smallest absolute Gasteiger partial charge is 0.350 e. The first-order valence-electron chi connectivity index (χ1n) is 4.62. The molecule has 1 heterocycles. The van der Waals surface area contributed by atoms with Crippen molar-refractivity contribution in [2.45, 2.75) is 18.4 Å². The molecule has 0 spiro atoms. The molecule has 1 unspecified atom stereocenters. The Hall–Kier alpha value is -1.63. The average molecular weight is 249 g/mol. The van der Waals surface area contributed by atoms with Crippen LogP contribution in [0.2, 0.25) is 0 Å². The second kappa shape index (κ2) is 3.69. The summed E-state index contributed by atoms with van der Waals surface area (Å²) in [5.41, 5.74) is -0.393. The fourth-order valence-electron chi connectivity index (χ4n) is 1.41. The fraction of sp³-hybridized carbons (Fsp3) is 0.300. The first-order chi connectivity index (χ1) is 7.83. The van der Waals surface area contributed by atoms with E-state index in [2.05, 4.69) is 9.99 Å². The van der Waals surface area contributed by atoms with Gasteiger partial charge in [0.05, 0.1) is 12.1 Å². The van der Waals surface area contributed by atoms with E-state index in [0.29, 0.717) is 0 Å². The molecule has 17 heavy (non-hydrogen) atoms. The van der Waals surface area contributed by atoms with Crippen molar-refractivity contribution < 1.29 is 27.5 Å². The van der Waals surface area contributed by atoms with Crippen LogP contribution in [0.25, 0.3) is 0 Å². The lowest BCUT2D eigenvalue weighted by Crippen LogP contribution is -2.45. The highest BCUT2D eigenvalue weighted by Gasteiger charge is 2.60. The summed E-state index contributed by atoms with van der Waals surface area (Å²) in [4.78, 5) is 3.98. The summed E-state index contributed by atoms with van der Waals surface area (Å²) in [6.07, 6.45) is -5.92. The highest BCUT2D eigenvalue weighted by molar-refractivity contribution is 6.01. The molecule has 2 rings (SSSR count). The molecule has 0 bridgehead atoms. The van der Waals surface area contributed by atoms with Crippen molar-refractivity contribution in [1.29, 1.82) is 0 Å². The molecule has 1 aliphatic heterocycles. The van der Waals surface area contributed by atoms with E-state index in [0.717, 1.165) is 6.07 Å². The zero-order chi connectivity index (χ0) is 12.7. The third-order valence-corrected chi connectivity index (χ3v) is 2.34. The summed E-state index contributed by atoms with van der Waals surface area (Å²) < 4.78 is 50.5. The number of nitrogens with zero attached hydrogens (tertiary/aromatic N) is 1. The monoisotopic (exact) mass is 249 g/mol. The van der Waals surface area contributed by atoms with Crippen molar-refractivity contribution in [3.8, 4) is 0 Å². The molecule has 0 saturated heterocycles. The molecule has 92 valence electrons. The van der Waals surface area contributed by atoms with E-state index in [-0.39, 0.29) is 11.3 Å². The molecule has 0 radical (unpaired) electrons. The van der Waals surface area contributed by atoms with Crippen LogP contribution in [0, 0.1) is 5.82 Å². The van der Waals surface area contributed by atoms with Crippen LogP contribution in [-0.2, 0) is 4.84 Å². The quantitative estimate of drug-likeness (QED) is 0.775. The summed E-state index contributed by atoms with van der Waals surface area (Å²) in [5.74, 6) is -4.09. The Labute approximate surface area is 93.3 Å². The molecule has 1 aliphatic rings. The number of alkyl halides is 3. The Morgan fingerprint density at radius 1 is 1.29 bits per heavy atom. The highest BCUT2D eigenvalue weighted by Crippen LogP contribution is 2.39. The summed E-state index contributed by atoms with van der Waals surface area (Å²) in [5, 5.41) is 12.3. The third-order valence-electron chi connectivity index (χ3n) is 2.34. The second-order valence-electron chi connectivity index (χ2n) is 3.57. The second-order valence-corrected chi connectivity index (χ2v) is 3.57. The minimum atomic E-state index is -4.98. The maximum Gasteiger partial charge on any atom is 0.458 e. The SMILES string of the molecule is OC1(C(F)(F)F)CC(c2ccccc2F)=NO1. The van der Waals surface area contributed by atoms with Gasteiger partial charge in [-0.25, -0.2) is 4.39 Å². The van der Waals surface area contributed by atoms with Crippen molar-refractivity contribution in [1.82, 2.24) is 0 Å². The molecular weight excluding hydrogens is 242 g/mol. The van der Waals surface area contributed by atoms with Gasteiger partial charge in [0.25, 0.3) is 0 Å². The molecule has 3 nitrogen and oxygen atoms in total. The number of hydrogen-bond acceptors (Lipinski definition) is 3. The van der Waals surface area contributed by atoms with Crippen LogP contribution in [0.3, 0.4) is 0 Å². The third kappa shape index (κ3) is 1.97. The molecule has 0 amide bonds. The van der Waals surface area contributed by atoms with E-state index >= 15 is 0 Å². The first kappa shape index (κ1) is 11.8. The Morgan fingerprint density at radius 2 is 1.94 bits per heavy atom. The molecule has 1 atom stereocenters. The lowest BCUT2D eigenvalue weighted by Gasteiger charge is -2.22. The van der Waals surface area contributed by atoms with Gasteiger partial charge >= 0.3 is 12.0 Å². The Balaban J connectivity index is 2.27. The van der Waals surface area contributed by atoms with Crippen molar-refractivity contribution in [3.63, 3.8) is 0 Å². The standard InChI is InChI=1S/C10H7F4NO2/c11-7-4-2-1-3-6(7)8-5-9(16,17-15-8)10(12,13)14/h1-4,16H,5H2. The molecule has 0 aliphatic carbocycles. The van der Waals surface area contributed by atoms with Gasteiger partial charge in [0.1, 0.15) is 5.82 Å². The predicted octanol–water partition coefficient (Wildman–Crippen LogP) is 2.20. The first-order valence-corrected chi connectivity index (χ1v) is 4.62. The van der Waals surface area contributed by atoms with Crippen molar-refractivity contribution in [2.24, 2.45) is 5.16 Å². The van der Waals surface area contributed by atoms with Gasteiger partial charge in [0.2, 0.25) is 0 Å². The number of halogens is 4. The van der Waals surface area contributed by atoms with Gasteiger partial charge in [-0.05, 0) is 6.07 Å². The van der Waals surface area contributed by atoms with Crippen LogP contribution in [-0.4, -0.2) is 22.8 Å². The van der Waals surface area contributed by atoms with E-state index in [9.17, 15) is 17.6 Å². The van der Waals surface area contributed by atoms with E-state index in [1.807, 2.05) is 0 Å². The zero-order valence-electron chi connectivity index (χ0n) is 8.33. The molecule has 1 aromatic carbocycles. The van der Waals surface area contributed by atoms with Gasteiger partial charge in [-0.1, -0.05) is 23.4 Å². The Bertz CT molecular complexity index is 472. The minimum absolute atomic E-state index is 0.118. The largest absolute Gasteiger partial charge is 0.458 e. The van der Waals surface area contributed by atoms with Crippen LogP contribution in [0.5, 0.6) is 0 Å². The Morgan fingerprint density at radius 3 is 2.47 bits per heavy atom. The highest BCUT2D eigenvalue weighted by atomic mass is 19.4. The van der Waals surface area contributed by atoms with Crippen molar-refractivity contribution in [3.05, 3.63) is 35.6 Å². The lowest BCUT2D eigenvalue weighted by atomic mass is 10.0. The molecule has 0 aromatic heterocycles. The van der Waals surface area contributed by atoms with Crippen LogP contribution >= 0.6 is 0 Å². The van der Waals surface area contributed by atoms with Gasteiger partial charge in [-0.2, -0.15) is 13.2 Å². The van der Waals surface area contributed by atoms with Crippen molar-refractivity contribution >= 4 is 5.71 Å². The van der Waals surface area contributed by atoms with Crippen molar-refractivity contribution in [2.75, 3.05) is 0 Å². The van der Waals surface area contributed by atoms with E-state index < -0.39 is 24.2 Å². The summed E-state index contributed by atoms with van der Waals surface area (Å²) >= 11 is 0. The van der Waals surface area contributed by atoms with Crippen LogP contribution in [0.4, 0.5) is 17.6 Å². The number of rotatable bonds is 1. The van der Waals surface area contributed by atoms with Crippen LogP contribution in [0.15, 0.2) is 29.4 Å². The minimum Gasteiger partial charge on any atom is -0.350 e. The van der Waals surface area contributed by atoms with Gasteiger partial charge < -0.3 is 9.94 Å². The maximum atomic E-state index is 13.3. The molecular formula is C10H7F4NO2. The van der Waals surface area contributed by atoms with E-state index in [1.165, 1.54) is 18.2 Å². The Kier molecular flexibility index (Phi) is 2.57. The molecule has 1 aromatic rings. The average Bonchev–Trinajstić information content (AvgIpc) is 2.62. The molecule has 0 fully saturated rings. The summed E-state index contributed by atoms with van der Waals surface area (Å²) in [7, 11) is 0. The van der Waals surface area contributed by atoms with E-state index in [4.69, 9.17) is 5.11 Å². The number of hydrogen-bond donors (Lipinski definition) is 1. The number of oxime groups is 1. The van der Waals surface area contributed by atoms with E-state index in [1.54, 1.807) is 0 Å². The van der Waals surface area contributed by atoms with Crippen LogP contribution in [0.1, 0.15) is 12.0 Å². The van der Waals surface area contributed by atoms with Gasteiger partial charge in [0.15, 0.2) is 0 Å². The normalized spacial score (nSPS) is 24.4.